The summed E-state index contributed by atoms with van der Waals surface area (Å²) in [5, 5.41) is 24.8. The van der Waals surface area contributed by atoms with Crippen molar-refractivity contribution < 1.29 is 29.7 Å². The van der Waals surface area contributed by atoms with E-state index in [1.807, 2.05) is 0 Å². The molecule has 0 amide bonds. The number of carboxylic acid groups (broad SMARTS) is 3. The second kappa shape index (κ2) is 7.53. The van der Waals surface area contributed by atoms with Crippen molar-refractivity contribution in [3.8, 4) is 0 Å². The Labute approximate surface area is 95.5 Å². The van der Waals surface area contributed by atoms with Crippen LogP contribution in [0.15, 0.2) is 0 Å². The highest BCUT2D eigenvalue weighted by Crippen LogP contribution is 1.87. The van der Waals surface area contributed by atoms with Gasteiger partial charge in [-0.1, -0.05) is 0 Å². The van der Waals surface area contributed by atoms with Crippen molar-refractivity contribution in [2.45, 2.75) is 0 Å². The monoisotopic (exact) mass is 217 g/mol. The van der Waals surface area contributed by atoms with Gasteiger partial charge in [0.05, 0.1) is 19.6 Å². The number of carboxylic acids is 3. The van der Waals surface area contributed by atoms with Crippen LogP contribution in [0.25, 0.3) is 0 Å². The van der Waals surface area contributed by atoms with E-state index in [1.54, 1.807) is 0 Å². The van der Waals surface area contributed by atoms with Gasteiger partial charge in [-0.25, -0.2) is 0 Å². The third kappa shape index (κ3) is 9.23. The average Bonchev–Trinajstić information content (AvgIpc) is 1.80. The molecule has 0 aliphatic carbocycles. The van der Waals surface area contributed by atoms with Crippen LogP contribution >= 0.6 is 0 Å². The van der Waals surface area contributed by atoms with Gasteiger partial charge in [0.25, 0.3) is 0 Å². The first-order valence-electron chi connectivity index (χ1n) is 3.29. The lowest BCUT2D eigenvalue weighted by Crippen LogP contribution is -2.38. The Hall–Kier alpha value is -0.864. The second-order valence-electron chi connectivity index (χ2n) is 2.33. The minimum atomic E-state index is -1.26. The molecule has 0 heterocycles. The summed E-state index contributed by atoms with van der Waals surface area (Å²) < 4.78 is 0. The molecule has 0 spiro atoms. The molecule has 8 heteroatoms. The minimum absolute atomic E-state index is 0. The van der Waals surface area contributed by atoms with E-state index in [0.717, 1.165) is 4.90 Å². The SMILES string of the molecule is O=C(O)CN(CC(=O)O)CC(=O)O.[MgH2]. The van der Waals surface area contributed by atoms with E-state index in [1.165, 1.54) is 0 Å². The van der Waals surface area contributed by atoms with Gasteiger partial charge in [-0.3, -0.25) is 19.3 Å². The summed E-state index contributed by atoms with van der Waals surface area (Å²) in [6, 6.07) is 0. The third-order valence-corrected chi connectivity index (χ3v) is 1.08. The maximum Gasteiger partial charge on any atom is 0.317 e. The maximum atomic E-state index is 10.1. The van der Waals surface area contributed by atoms with Crippen LogP contribution in [-0.2, 0) is 14.4 Å². The van der Waals surface area contributed by atoms with Crippen LogP contribution in [0.3, 0.4) is 0 Å². The molecule has 3 N–H and O–H groups in total. The van der Waals surface area contributed by atoms with Crippen molar-refractivity contribution in [2.24, 2.45) is 0 Å². The van der Waals surface area contributed by atoms with Gasteiger partial charge in [0.1, 0.15) is 0 Å². The highest BCUT2D eigenvalue weighted by atomic mass is 24.3. The van der Waals surface area contributed by atoms with Crippen molar-refractivity contribution in [1.82, 2.24) is 4.90 Å². The molecule has 0 aromatic rings. The van der Waals surface area contributed by atoms with Gasteiger partial charge in [-0.2, -0.15) is 0 Å². The Balaban J connectivity index is 0. The number of aliphatic carboxylic acids is 3. The zero-order chi connectivity index (χ0) is 10.4. The van der Waals surface area contributed by atoms with Gasteiger partial charge in [0.2, 0.25) is 0 Å². The van der Waals surface area contributed by atoms with E-state index in [0.29, 0.717) is 0 Å². The van der Waals surface area contributed by atoms with Crippen molar-refractivity contribution in [1.29, 1.82) is 0 Å². The Bertz CT molecular complexity index is 192. The predicted molar refractivity (Wildman–Crippen MR) is 47.9 cm³/mol. The molecular weight excluding hydrogens is 206 g/mol. The Morgan fingerprint density at radius 2 is 1.00 bits per heavy atom. The lowest BCUT2D eigenvalue weighted by Gasteiger charge is -2.14. The highest BCUT2D eigenvalue weighted by Gasteiger charge is 2.15. The van der Waals surface area contributed by atoms with E-state index in [9.17, 15) is 14.4 Å². The summed E-state index contributed by atoms with van der Waals surface area (Å²) in [6.45, 7) is -1.80. The minimum Gasteiger partial charge on any atom is -0.480 e. The zero-order valence-electron chi connectivity index (χ0n) is 6.63. The van der Waals surface area contributed by atoms with Gasteiger partial charge >= 0.3 is 41.0 Å². The quantitative estimate of drug-likeness (QED) is 0.426. The van der Waals surface area contributed by atoms with E-state index in [-0.39, 0.29) is 23.1 Å². The second-order valence-corrected chi connectivity index (χ2v) is 2.33. The number of carbonyl (C=O) groups is 3. The number of hydrogen-bond donors (Lipinski definition) is 3. The van der Waals surface area contributed by atoms with Gasteiger partial charge in [-0.05, 0) is 0 Å². The number of rotatable bonds is 6. The molecule has 14 heavy (non-hydrogen) atoms. The normalized spacial score (nSPS) is 9.21. The molecule has 0 aromatic carbocycles. The lowest BCUT2D eigenvalue weighted by molar-refractivity contribution is -0.144. The lowest BCUT2D eigenvalue weighted by atomic mass is 10.4. The van der Waals surface area contributed by atoms with E-state index < -0.39 is 37.5 Å². The van der Waals surface area contributed by atoms with Crippen molar-refractivity contribution in [2.75, 3.05) is 19.6 Å². The summed E-state index contributed by atoms with van der Waals surface area (Å²) in [5.41, 5.74) is 0. The molecule has 0 atom stereocenters. The highest BCUT2D eigenvalue weighted by molar-refractivity contribution is 5.76. The van der Waals surface area contributed by atoms with Crippen LogP contribution in [0.4, 0.5) is 0 Å². The molecule has 0 aromatic heterocycles. The van der Waals surface area contributed by atoms with E-state index >= 15 is 0 Å². The van der Waals surface area contributed by atoms with Crippen LogP contribution in [0.2, 0.25) is 0 Å². The molecule has 0 bridgehead atoms. The first kappa shape index (κ1) is 15.6. The summed E-state index contributed by atoms with van der Waals surface area (Å²) in [5.74, 6) is -3.78. The zero-order valence-corrected chi connectivity index (χ0v) is 6.63. The predicted octanol–water partition coefficient (Wildman–Crippen LogP) is -2.37. The van der Waals surface area contributed by atoms with Crippen LogP contribution < -0.4 is 0 Å². The van der Waals surface area contributed by atoms with Gasteiger partial charge in [0, 0.05) is 0 Å². The molecule has 78 valence electrons. The summed E-state index contributed by atoms with van der Waals surface area (Å²) >= 11 is 0. The van der Waals surface area contributed by atoms with Gasteiger partial charge < -0.3 is 15.3 Å². The van der Waals surface area contributed by atoms with Crippen LogP contribution in [0.5, 0.6) is 0 Å². The molecule has 0 aliphatic rings. The fourth-order valence-corrected chi connectivity index (χ4v) is 0.742. The van der Waals surface area contributed by atoms with Crippen molar-refractivity contribution >= 4 is 41.0 Å². The largest absolute Gasteiger partial charge is 0.480 e. The number of nitrogens with zero attached hydrogens (tertiary/aromatic N) is 1. The molecule has 0 radical (unpaired) electrons. The van der Waals surface area contributed by atoms with Crippen molar-refractivity contribution in [3.63, 3.8) is 0 Å². The third-order valence-electron chi connectivity index (χ3n) is 1.08. The molecule has 0 aliphatic heterocycles. The Kier molecular flexibility index (Phi) is 8.39. The Morgan fingerprint density at radius 3 is 1.14 bits per heavy atom. The standard InChI is InChI=1S/C6H9NO6.Mg.2H/c8-4(9)1-7(2-5(10)11)3-6(12)13;;;/h1-3H2,(H,8,9)(H,10,11)(H,12,13);;;. The van der Waals surface area contributed by atoms with Crippen LogP contribution in [0, 0.1) is 0 Å². The topological polar surface area (TPSA) is 115 Å². The van der Waals surface area contributed by atoms with Crippen molar-refractivity contribution in [3.05, 3.63) is 0 Å². The summed E-state index contributed by atoms with van der Waals surface area (Å²) in [7, 11) is 0. The molecular formula is C6H11MgNO6. The molecule has 7 nitrogen and oxygen atoms in total. The molecule has 0 saturated carbocycles. The first-order chi connectivity index (χ1) is 5.91. The summed E-state index contributed by atoms with van der Waals surface area (Å²) in [4.78, 5) is 31.2. The summed E-state index contributed by atoms with van der Waals surface area (Å²) in [6.07, 6.45) is 0. The smallest absolute Gasteiger partial charge is 0.317 e. The first-order valence-corrected chi connectivity index (χ1v) is 3.29. The number of hydrogen-bond acceptors (Lipinski definition) is 4. The van der Waals surface area contributed by atoms with Gasteiger partial charge in [0.15, 0.2) is 0 Å². The van der Waals surface area contributed by atoms with E-state index in [4.69, 9.17) is 15.3 Å². The van der Waals surface area contributed by atoms with Crippen LogP contribution in [0.1, 0.15) is 0 Å². The fraction of sp³-hybridized carbons (Fsp3) is 0.500. The van der Waals surface area contributed by atoms with Gasteiger partial charge in [-0.15, -0.1) is 0 Å². The molecule has 0 fully saturated rings. The maximum absolute atomic E-state index is 10.1. The molecule has 0 unspecified atom stereocenters. The Morgan fingerprint density at radius 1 is 0.786 bits per heavy atom. The fourth-order valence-electron chi connectivity index (χ4n) is 0.742. The molecule has 0 rings (SSSR count). The van der Waals surface area contributed by atoms with Crippen LogP contribution in [-0.4, -0.2) is 80.8 Å². The average molecular weight is 217 g/mol. The molecule has 0 saturated heterocycles. The van der Waals surface area contributed by atoms with E-state index in [2.05, 4.69) is 0 Å².